The molecule has 1 aromatic rings. The van der Waals surface area contributed by atoms with Crippen molar-refractivity contribution in [1.82, 2.24) is 15.2 Å². The average Bonchev–Trinajstić information content (AvgIpc) is 2.40. The number of nitrogens with zero attached hydrogens (tertiary/aromatic N) is 2. The molecule has 3 heteroatoms. The van der Waals surface area contributed by atoms with E-state index in [1.54, 1.807) is 0 Å². The zero-order valence-corrected chi connectivity index (χ0v) is 10.9. The molecule has 94 valence electrons. The molecule has 1 aliphatic heterocycles. The Balaban J connectivity index is 1.88. The molecule has 0 spiro atoms. The Morgan fingerprint density at radius 1 is 1.47 bits per heavy atom. The van der Waals surface area contributed by atoms with Gasteiger partial charge in [0.25, 0.3) is 0 Å². The molecule has 0 radical (unpaired) electrons. The van der Waals surface area contributed by atoms with Gasteiger partial charge in [-0.1, -0.05) is 12.5 Å². The average molecular weight is 233 g/mol. The van der Waals surface area contributed by atoms with E-state index in [2.05, 4.69) is 41.3 Å². The van der Waals surface area contributed by atoms with Gasteiger partial charge in [-0.25, -0.2) is 0 Å². The molecule has 0 bridgehead atoms. The van der Waals surface area contributed by atoms with Crippen LogP contribution in [0.3, 0.4) is 0 Å². The quantitative estimate of drug-likeness (QED) is 0.864. The van der Waals surface area contributed by atoms with Crippen LogP contribution in [0.4, 0.5) is 0 Å². The lowest BCUT2D eigenvalue weighted by atomic mass is 10.0. The van der Waals surface area contributed by atoms with E-state index in [1.807, 2.05) is 12.3 Å². The maximum atomic E-state index is 4.43. The van der Waals surface area contributed by atoms with E-state index in [-0.39, 0.29) is 0 Å². The van der Waals surface area contributed by atoms with E-state index in [9.17, 15) is 0 Å². The van der Waals surface area contributed by atoms with E-state index in [1.165, 1.54) is 25.8 Å². The number of hydrogen-bond donors (Lipinski definition) is 1. The zero-order chi connectivity index (χ0) is 12.1. The first kappa shape index (κ1) is 12.5. The third-order valence-corrected chi connectivity index (χ3v) is 3.70. The summed E-state index contributed by atoms with van der Waals surface area (Å²) in [5.41, 5.74) is 1.16. The first-order chi connectivity index (χ1) is 8.27. The Bertz CT molecular complexity index is 319. The van der Waals surface area contributed by atoms with Crippen molar-refractivity contribution in [2.45, 2.75) is 38.3 Å². The molecule has 3 nitrogen and oxygen atoms in total. The van der Waals surface area contributed by atoms with Crippen molar-refractivity contribution >= 4 is 0 Å². The number of piperidine rings is 1. The predicted octanol–water partition coefficient (Wildman–Crippen LogP) is 2.22. The summed E-state index contributed by atoms with van der Waals surface area (Å²) in [7, 11) is 2.19. The minimum atomic E-state index is 0.389. The number of aromatic nitrogens is 1. The lowest BCUT2D eigenvalue weighted by Crippen LogP contribution is -2.43. The van der Waals surface area contributed by atoms with E-state index in [0.29, 0.717) is 12.1 Å². The Hall–Kier alpha value is -0.930. The van der Waals surface area contributed by atoms with Crippen molar-refractivity contribution in [3.05, 3.63) is 30.1 Å². The van der Waals surface area contributed by atoms with Gasteiger partial charge in [0.05, 0.1) is 5.69 Å². The van der Waals surface area contributed by atoms with Crippen LogP contribution in [-0.2, 0) is 0 Å². The Morgan fingerprint density at radius 2 is 2.35 bits per heavy atom. The highest BCUT2D eigenvalue weighted by Gasteiger charge is 2.18. The van der Waals surface area contributed by atoms with Gasteiger partial charge in [-0.05, 0) is 45.5 Å². The molecule has 0 aromatic carbocycles. The van der Waals surface area contributed by atoms with Crippen LogP contribution in [-0.4, -0.2) is 36.1 Å². The summed E-state index contributed by atoms with van der Waals surface area (Å²) in [6, 6.07) is 7.18. The lowest BCUT2D eigenvalue weighted by Gasteiger charge is -2.31. The molecule has 0 saturated carbocycles. The van der Waals surface area contributed by atoms with E-state index in [4.69, 9.17) is 0 Å². The molecule has 1 saturated heterocycles. The normalized spacial score (nSPS) is 22.6. The van der Waals surface area contributed by atoms with Crippen LogP contribution < -0.4 is 5.32 Å². The highest BCUT2D eigenvalue weighted by molar-refractivity contribution is 5.07. The van der Waals surface area contributed by atoms with Crippen LogP contribution in [0.15, 0.2) is 24.4 Å². The van der Waals surface area contributed by atoms with Crippen LogP contribution in [0, 0.1) is 0 Å². The summed E-state index contributed by atoms with van der Waals surface area (Å²) >= 11 is 0. The number of rotatable bonds is 4. The summed E-state index contributed by atoms with van der Waals surface area (Å²) in [6.45, 7) is 4.51. The maximum absolute atomic E-state index is 4.43. The first-order valence-corrected chi connectivity index (χ1v) is 6.62. The molecule has 1 aliphatic rings. The molecule has 0 aliphatic carbocycles. The number of nitrogens with one attached hydrogen (secondary N) is 1. The standard InChI is InChI=1S/C14H23N3/c1-12(14-8-4-6-10-16-14)17(2)11-13-7-3-5-9-15-13/h4,6,8,10,12-13,15H,3,5,7,9,11H2,1-2H3/t12-,13-/m1/s1. The molecule has 2 atom stereocenters. The molecule has 1 fully saturated rings. The van der Waals surface area contributed by atoms with Gasteiger partial charge in [-0.3, -0.25) is 9.88 Å². The number of likely N-dealkylation sites (N-methyl/N-ethyl adjacent to an activating group) is 1. The fourth-order valence-corrected chi connectivity index (χ4v) is 2.43. The van der Waals surface area contributed by atoms with Crippen LogP contribution in [0.2, 0.25) is 0 Å². The molecule has 1 aromatic heterocycles. The van der Waals surface area contributed by atoms with Gasteiger partial charge >= 0.3 is 0 Å². The molecule has 0 amide bonds. The summed E-state index contributed by atoms with van der Waals surface area (Å²) in [5.74, 6) is 0. The second kappa shape index (κ2) is 6.12. The monoisotopic (exact) mass is 233 g/mol. The second-order valence-electron chi connectivity index (χ2n) is 5.02. The maximum Gasteiger partial charge on any atom is 0.0572 e. The summed E-state index contributed by atoms with van der Waals surface area (Å²) in [6.07, 6.45) is 5.87. The predicted molar refractivity (Wildman–Crippen MR) is 70.9 cm³/mol. The van der Waals surface area contributed by atoms with Crippen LogP contribution in [0.1, 0.15) is 37.9 Å². The van der Waals surface area contributed by atoms with Crippen molar-refractivity contribution in [2.75, 3.05) is 20.1 Å². The van der Waals surface area contributed by atoms with Gasteiger partial charge < -0.3 is 5.32 Å². The molecular weight excluding hydrogens is 210 g/mol. The third kappa shape index (κ3) is 3.51. The summed E-state index contributed by atoms with van der Waals surface area (Å²) in [5, 5.41) is 3.59. The Morgan fingerprint density at radius 3 is 3.00 bits per heavy atom. The lowest BCUT2D eigenvalue weighted by molar-refractivity contribution is 0.212. The Labute approximate surface area is 104 Å². The molecule has 1 N–H and O–H groups in total. The van der Waals surface area contributed by atoms with E-state index >= 15 is 0 Å². The van der Waals surface area contributed by atoms with Crippen LogP contribution >= 0.6 is 0 Å². The highest BCUT2D eigenvalue weighted by atomic mass is 15.2. The SMILES string of the molecule is C[C@H](c1ccccn1)N(C)C[C@H]1CCCCN1. The van der Waals surface area contributed by atoms with Gasteiger partial charge in [0.15, 0.2) is 0 Å². The van der Waals surface area contributed by atoms with Crippen molar-refractivity contribution in [3.63, 3.8) is 0 Å². The van der Waals surface area contributed by atoms with Crippen molar-refractivity contribution in [3.8, 4) is 0 Å². The number of hydrogen-bond acceptors (Lipinski definition) is 3. The smallest absolute Gasteiger partial charge is 0.0572 e. The first-order valence-electron chi connectivity index (χ1n) is 6.62. The van der Waals surface area contributed by atoms with Gasteiger partial charge in [-0.15, -0.1) is 0 Å². The minimum Gasteiger partial charge on any atom is -0.313 e. The van der Waals surface area contributed by atoms with Crippen LogP contribution in [0.25, 0.3) is 0 Å². The van der Waals surface area contributed by atoms with Gasteiger partial charge in [0, 0.05) is 24.8 Å². The Kier molecular flexibility index (Phi) is 4.51. The molecule has 0 unspecified atom stereocenters. The zero-order valence-electron chi connectivity index (χ0n) is 10.9. The van der Waals surface area contributed by atoms with E-state index < -0.39 is 0 Å². The summed E-state index contributed by atoms with van der Waals surface area (Å²) < 4.78 is 0. The van der Waals surface area contributed by atoms with Crippen molar-refractivity contribution in [2.24, 2.45) is 0 Å². The van der Waals surface area contributed by atoms with Gasteiger partial charge in [-0.2, -0.15) is 0 Å². The molecule has 2 heterocycles. The van der Waals surface area contributed by atoms with Gasteiger partial charge in [0.2, 0.25) is 0 Å². The number of pyridine rings is 1. The van der Waals surface area contributed by atoms with Crippen LogP contribution in [0.5, 0.6) is 0 Å². The van der Waals surface area contributed by atoms with Gasteiger partial charge in [0.1, 0.15) is 0 Å². The van der Waals surface area contributed by atoms with Crippen molar-refractivity contribution in [1.29, 1.82) is 0 Å². The third-order valence-electron chi connectivity index (χ3n) is 3.70. The summed E-state index contributed by atoms with van der Waals surface area (Å²) in [4.78, 5) is 6.82. The van der Waals surface area contributed by atoms with Crippen molar-refractivity contribution < 1.29 is 0 Å². The molecule has 2 rings (SSSR count). The second-order valence-corrected chi connectivity index (χ2v) is 5.02. The fraction of sp³-hybridized carbons (Fsp3) is 0.643. The largest absolute Gasteiger partial charge is 0.313 e. The topological polar surface area (TPSA) is 28.2 Å². The van der Waals surface area contributed by atoms with E-state index in [0.717, 1.165) is 12.2 Å². The molecular formula is C14H23N3. The molecule has 17 heavy (non-hydrogen) atoms. The fourth-order valence-electron chi connectivity index (χ4n) is 2.43. The highest BCUT2D eigenvalue weighted by Crippen LogP contribution is 2.17. The minimum absolute atomic E-state index is 0.389.